The Kier molecular flexibility index (Phi) is 6.31. The first kappa shape index (κ1) is 17.0. The maximum atomic E-state index is 12.4. The molecule has 1 aromatic carbocycles. The Morgan fingerprint density at radius 1 is 1.21 bits per heavy atom. The number of benzene rings is 1. The van der Waals surface area contributed by atoms with Crippen molar-refractivity contribution in [2.75, 3.05) is 18.4 Å². The number of nitriles is 2. The Hall–Kier alpha value is -3.38. The molecule has 0 bridgehead atoms. The third-order valence-electron chi connectivity index (χ3n) is 3.40. The molecular formula is C18H17N5O. The number of carbonyl (C=O) groups excluding carboxylic acids is 1. The van der Waals surface area contributed by atoms with E-state index in [9.17, 15) is 4.79 Å². The molecule has 0 saturated heterocycles. The highest BCUT2D eigenvalue weighted by atomic mass is 16.2. The van der Waals surface area contributed by atoms with Crippen molar-refractivity contribution >= 4 is 11.6 Å². The van der Waals surface area contributed by atoms with Crippen LogP contribution in [0, 0.1) is 22.7 Å². The second kappa shape index (κ2) is 8.92. The van der Waals surface area contributed by atoms with Crippen molar-refractivity contribution in [1.82, 2.24) is 9.88 Å². The number of carbonyl (C=O) groups is 1. The SMILES string of the molecule is N#CCCN(Cc1cccnc1)C(=O)CNc1ccc(C#N)cc1. The van der Waals surface area contributed by atoms with Gasteiger partial charge in [-0.05, 0) is 35.9 Å². The van der Waals surface area contributed by atoms with E-state index in [1.54, 1.807) is 41.6 Å². The zero-order valence-electron chi connectivity index (χ0n) is 13.1. The summed E-state index contributed by atoms with van der Waals surface area (Å²) in [6, 6.07) is 14.7. The lowest BCUT2D eigenvalue weighted by atomic mass is 10.2. The van der Waals surface area contributed by atoms with Gasteiger partial charge in [-0.3, -0.25) is 9.78 Å². The fraction of sp³-hybridized carbons (Fsp3) is 0.222. The normalized spacial score (nSPS) is 9.58. The Morgan fingerprint density at radius 3 is 2.62 bits per heavy atom. The first-order valence-corrected chi connectivity index (χ1v) is 7.50. The van der Waals surface area contributed by atoms with E-state index < -0.39 is 0 Å². The van der Waals surface area contributed by atoms with Gasteiger partial charge in [0.1, 0.15) is 0 Å². The Morgan fingerprint density at radius 2 is 2.00 bits per heavy atom. The van der Waals surface area contributed by atoms with E-state index in [-0.39, 0.29) is 18.9 Å². The van der Waals surface area contributed by atoms with Gasteiger partial charge >= 0.3 is 0 Å². The Bertz CT molecular complexity index is 744. The second-order valence-corrected chi connectivity index (χ2v) is 5.13. The number of hydrogen-bond donors (Lipinski definition) is 1. The lowest BCUT2D eigenvalue weighted by Crippen LogP contribution is -2.35. The van der Waals surface area contributed by atoms with E-state index in [0.29, 0.717) is 18.7 Å². The first-order valence-electron chi connectivity index (χ1n) is 7.50. The summed E-state index contributed by atoms with van der Waals surface area (Å²) in [5.74, 6) is -0.0986. The number of hydrogen-bond acceptors (Lipinski definition) is 5. The molecule has 0 aliphatic rings. The quantitative estimate of drug-likeness (QED) is 0.845. The summed E-state index contributed by atoms with van der Waals surface area (Å²) < 4.78 is 0. The molecule has 0 unspecified atom stereocenters. The number of nitrogens with zero attached hydrogens (tertiary/aromatic N) is 4. The van der Waals surface area contributed by atoms with E-state index in [2.05, 4.69) is 16.4 Å². The molecule has 1 aromatic heterocycles. The average Bonchev–Trinajstić information content (AvgIpc) is 2.64. The predicted octanol–water partition coefficient (Wildman–Crippen LogP) is 2.31. The van der Waals surface area contributed by atoms with E-state index in [4.69, 9.17) is 10.5 Å². The van der Waals surface area contributed by atoms with Gasteiger partial charge in [0.2, 0.25) is 5.91 Å². The van der Waals surface area contributed by atoms with Crippen molar-refractivity contribution < 1.29 is 4.79 Å². The third-order valence-corrected chi connectivity index (χ3v) is 3.40. The highest BCUT2D eigenvalue weighted by Gasteiger charge is 2.13. The van der Waals surface area contributed by atoms with Gasteiger partial charge in [0.05, 0.1) is 30.7 Å². The molecule has 0 aliphatic carbocycles. The minimum Gasteiger partial charge on any atom is -0.376 e. The number of amides is 1. The van der Waals surface area contributed by atoms with Crippen LogP contribution < -0.4 is 5.32 Å². The van der Waals surface area contributed by atoms with Crippen LogP contribution in [0.1, 0.15) is 17.5 Å². The second-order valence-electron chi connectivity index (χ2n) is 5.13. The average molecular weight is 319 g/mol. The zero-order valence-corrected chi connectivity index (χ0v) is 13.1. The van der Waals surface area contributed by atoms with Crippen LogP contribution in [0.15, 0.2) is 48.8 Å². The molecule has 1 N–H and O–H groups in total. The number of nitrogens with one attached hydrogen (secondary N) is 1. The van der Waals surface area contributed by atoms with E-state index in [0.717, 1.165) is 11.3 Å². The van der Waals surface area contributed by atoms with Gasteiger partial charge < -0.3 is 10.2 Å². The smallest absolute Gasteiger partial charge is 0.242 e. The van der Waals surface area contributed by atoms with Crippen LogP contribution in [-0.4, -0.2) is 28.9 Å². The Balaban J connectivity index is 1.96. The van der Waals surface area contributed by atoms with Gasteiger partial charge in [0.25, 0.3) is 0 Å². The van der Waals surface area contributed by atoms with E-state index >= 15 is 0 Å². The van der Waals surface area contributed by atoms with E-state index in [1.165, 1.54) is 0 Å². The fourth-order valence-corrected chi connectivity index (χ4v) is 2.14. The number of aromatic nitrogens is 1. The molecular weight excluding hydrogens is 302 g/mol. The molecule has 2 rings (SSSR count). The first-order chi connectivity index (χ1) is 11.7. The molecule has 0 spiro atoms. The molecule has 1 amide bonds. The molecule has 0 saturated carbocycles. The molecule has 0 fully saturated rings. The van der Waals surface area contributed by atoms with Crippen molar-refractivity contribution in [2.45, 2.75) is 13.0 Å². The molecule has 24 heavy (non-hydrogen) atoms. The summed E-state index contributed by atoms with van der Waals surface area (Å²) in [5.41, 5.74) is 2.25. The van der Waals surface area contributed by atoms with Crippen molar-refractivity contribution in [3.63, 3.8) is 0 Å². The third kappa shape index (κ3) is 5.11. The minimum absolute atomic E-state index is 0.0986. The molecule has 1 heterocycles. The maximum absolute atomic E-state index is 12.4. The maximum Gasteiger partial charge on any atom is 0.242 e. The molecule has 6 nitrogen and oxygen atoms in total. The van der Waals surface area contributed by atoms with Gasteiger partial charge in [0.15, 0.2) is 0 Å². The van der Waals surface area contributed by atoms with Gasteiger partial charge in [-0.2, -0.15) is 10.5 Å². The van der Waals surface area contributed by atoms with Crippen LogP contribution in [-0.2, 0) is 11.3 Å². The van der Waals surface area contributed by atoms with Crippen molar-refractivity contribution in [1.29, 1.82) is 10.5 Å². The molecule has 120 valence electrons. The van der Waals surface area contributed by atoms with Crippen molar-refractivity contribution in [3.8, 4) is 12.1 Å². The topological polar surface area (TPSA) is 92.8 Å². The van der Waals surface area contributed by atoms with E-state index in [1.807, 2.05) is 18.2 Å². The van der Waals surface area contributed by atoms with Crippen LogP contribution in [0.4, 0.5) is 5.69 Å². The number of pyridine rings is 1. The standard InChI is InChI=1S/C18H17N5O/c19-8-2-10-23(14-16-3-1-9-21-12-16)18(24)13-22-17-6-4-15(11-20)5-7-17/h1,3-7,9,12,22H,2,10,13-14H2. The molecule has 0 aliphatic heterocycles. The van der Waals surface area contributed by atoms with Crippen LogP contribution in [0.2, 0.25) is 0 Å². The van der Waals surface area contributed by atoms with Gasteiger partial charge in [-0.15, -0.1) is 0 Å². The predicted molar refractivity (Wildman–Crippen MR) is 89.5 cm³/mol. The number of rotatable bonds is 7. The van der Waals surface area contributed by atoms with Crippen molar-refractivity contribution in [2.24, 2.45) is 0 Å². The largest absolute Gasteiger partial charge is 0.376 e. The van der Waals surface area contributed by atoms with Gasteiger partial charge in [-0.25, -0.2) is 0 Å². The summed E-state index contributed by atoms with van der Waals surface area (Å²) in [6.07, 6.45) is 3.67. The van der Waals surface area contributed by atoms with Crippen molar-refractivity contribution in [3.05, 3.63) is 59.9 Å². The number of anilines is 1. The molecule has 0 atom stereocenters. The molecule has 0 radical (unpaired) electrons. The summed E-state index contributed by atoms with van der Waals surface area (Å²) in [7, 11) is 0. The monoisotopic (exact) mass is 319 g/mol. The van der Waals surface area contributed by atoms with Crippen LogP contribution in [0.3, 0.4) is 0 Å². The minimum atomic E-state index is -0.0986. The summed E-state index contributed by atoms with van der Waals surface area (Å²) in [5, 5.41) is 20.6. The van der Waals surface area contributed by atoms with Crippen LogP contribution >= 0.6 is 0 Å². The highest BCUT2D eigenvalue weighted by molar-refractivity contribution is 5.80. The van der Waals surface area contributed by atoms with Crippen LogP contribution in [0.5, 0.6) is 0 Å². The summed E-state index contributed by atoms with van der Waals surface area (Å²) in [4.78, 5) is 18.1. The fourth-order valence-electron chi connectivity index (χ4n) is 2.14. The lowest BCUT2D eigenvalue weighted by molar-refractivity contribution is -0.129. The van der Waals surface area contributed by atoms with Crippen LogP contribution in [0.25, 0.3) is 0 Å². The zero-order chi connectivity index (χ0) is 17.2. The Labute approximate surface area is 141 Å². The molecule has 6 heteroatoms. The lowest BCUT2D eigenvalue weighted by Gasteiger charge is -2.22. The summed E-state index contributed by atoms with van der Waals surface area (Å²) >= 11 is 0. The molecule has 2 aromatic rings. The summed E-state index contributed by atoms with van der Waals surface area (Å²) in [6.45, 7) is 0.917. The van der Waals surface area contributed by atoms with Gasteiger partial charge in [0, 0.05) is 31.2 Å². The van der Waals surface area contributed by atoms with Gasteiger partial charge in [-0.1, -0.05) is 6.07 Å². The highest BCUT2D eigenvalue weighted by Crippen LogP contribution is 2.09.